The number of rotatable bonds is 16. The summed E-state index contributed by atoms with van der Waals surface area (Å²) in [6.45, 7) is 9.74. The van der Waals surface area contributed by atoms with Gasteiger partial charge in [-0.1, -0.05) is 52.5 Å². The summed E-state index contributed by atoms with van der Waals surface area (Å²) in [6.07, 6.45) is 6.88. The molecular formula is C20H35NaO7S. The van der Waals surface area contributed by atoms with E-state index >= 15 is 0 Å². The molecule has 0 aliphatic carbocycles. The van der Waals surface area contributed by atoms with Crippen molar-refractivity contribution in [1.29, 1.82) is 0 Å². The van der Waals surface area contributed by atoms with Gasteiger partial charge in [-0.05, 0) is 31.1 Å². The molecule has 7 nitrogen and oxygen atoms in total. The second-order valence-corrected chi connectivity index (χ2v) is 8.61. The molecule has 9 heteroatoms. The molecule has 0 fully saturated rings. The smallest absolute Gasteiger partial charge is 0.747 e. The van der Waals surface area contributed by atoms with Gasteiger partial charge in [0, 0.05) is 0 Å². The van der Waals surface area contributed by atoms with Crippen LogP contribution in [0.15, 0.2) is 12.7 Å². The van der Waals surface area contributed by atoms with Crippen molar-refractivity contribution in [2.24, 2.45) is 11.8 Å². The first kappa shape index (κ1) is 30.8. The minimum Gasteiger partial charge on any atom is -0.747 e. The zero-order chi connectivity index (χ0) is 21.6. The van der Waals surface area contributed by atoms with Gasteiger partial charge >= 0.3 is 41.5 Å². The van der Waals surface area contributed by atoms with E-state index in [0.717, 1.165) is 44.9 Å². The van der Waals surface area contributed by atoms with Gasteiger partial charge in [0.25, 0.3) is 0 Å². The van der Waals surface area contributed by atoms with Crippen LogP contribution in [0.2, 0.25) is 0 Å². The third kappa shape index (κ3) is 14.3. The normalized spacial score (nSPS) is 14.2. The average molecular weight is 443 g/mol. The molecule has 0 spiro atoms. The number of allylic oxidation sites excluding steroid dienone is 1. The largest absolute Gasteiger partial charge is 1.00 e. The van der Waals surface area contributed by atoms with Crippen LogP contribution in [-0.2, 0) is 29.2 Å². The number of carbonyl (C=O) groups is 2. The van der Waals surface area contributed by atoms with Crippen LogP contribution in [0.1, 0.15) is 72.1 Å². The number of hydrogen-bond donors (Lipinski definition) is 0. The van der Waals surface area contributed by atoms with Crippen LogP contribution in [0.5, 0.6) is 0 Å². The second-order valence-electron chi connectivity index (χ2n) is 7.06. The van der Waals surface area contributed by atoms with E-state index in [0.29, 0.717) is 0 Å². The Morgan fingerprint density at radius 3 is 2.07 bits per heavy atom. The van der Waals surface area contributed by atoms with Crippen LogP contribution in [0.3, 0.4) is 0 Å². The molecule has 0 amide bonds. The third-order valence-electron chi connectivity index (χ3n) is 4.80. The molecule has 0 bridgehead atoms. The number of hydrogen-bond acceptors (Lipinski definition) is 7. The molecule has 0 saturated carbocycles. The van der Waals surface area contributed by atoms with Crippen molar-refractivity contribution >= 4 is 22.1 Å². The van der Waals surface area contributed by atoms with Crippen LogP contribution in [0.25, 0.3) is 0 Å². The molecule has 0 aromatic heterocycles. The van der Waals surface area contributed by atoms with Crippen molar-refractivity contribution in [3.8, 4) is 0 Å². The first-order valence-electron chi connectivity index (χ1n) is 10.1. The molecule has 0 rings (SSSR count). The van der Waals surface area contributed by atoms with Gasteiger partial charge < -0.3 is 14.0 Å². The molecule has 29 heavy (non-hydrogen) atoms. The summed E-state index contributed by atoms with van der Waals surface area (Å²) in [5, 5.41) is -2.08. The molecule has 0 N–H and O–H groups in total. The predicted octanol–water partition coefficient (Wildman–Crippen LogP) is 0.590. The minimum absolute atomic E-state index is 0. The zero-order valence-corrected chi connectivity index (χ0v) is 21.2. The van der Waals surface area contributed by atoms with E-state index in [1.54, 1.807) is 6.08 Å². The van der Waals surface area contributed by atoms with Crippen molar-refractivity contribution < 1.29 is 61.6 Å². The number of unbranched alkanes of at least 4 members (excludes halogenated alkanes) is 1. The van der Waals surface area contributed by atoms with E-state index < -0.39 is 33.7 Å². The molecule has 0 aromatic rings. The molecule has 0 radical (unpaired) electrons. The first-order valence-corrected chi connectivity index (χ1v) is 11.5. The van der Waals surface area contributed by atoms with Gasteiger partial charge in [-0.3, -0.25) is 9.59 Å². The van der Waals surface area contributed by atoms with Gasteiger partial charge in [-0.25, -0.2) is 8.42 Å². The Hall–Kier alpha value is -0.410. The molecule has 0 aliphatic heterocycles. The Kier molecular flexibility index (Phi) is 18.4. The molecule has 0 aromatic carbocycles. The van der Waals surface area contributed by atoms with Crippen LogP contribution in [0.4, 0.5) is 0 Å². The van der Waals surface area contributed by atoms with Gasteiger partial charge in [0.2, 0.25) is 0 Å². The Labute approximate surface area is 198 Å². The first-order chi connectivity index (χ1) is 13.2. The van der Waals surface area contributed by atoms with E-state index in [9.17, 15) is 22.6 Å². The standard InChI is InChI=1S/C20H36O7S.Na/c1-5-9-11-16(7-3)14-26-19(21)13-18(28(23,24)25)20(22)27-15-17(8-4)12-10-6-2;/h6,16-18H,2,5,7-15H2,1,3-4H3,(H,23,24,25);/q;+1/p-1/t16-,17+,18?;/m0./s1. The maximum atomic E-state index is 12.1. The minimum atomic E-state index is -5.03. The van der Waals surface area contributed by atoms with E-state index in [4.69, 9.17) is 9.47 Å². The molecular weight excluding hydrogens is 407 g/mol. The fourth-order valence-electron chi connectivity index (χ4n) is 2.67. The second kappa shape index (κ2) is 17.3. The number of carbonyl (C=O) groups excluding carboxylic acids is 2. The van der Waals surface area contributed by atoms with Crippen molar-refractivity contribution in [3.05, 3.63) is 12.7 Å². The quantitative estimate of drug-likeness (QED) is 0.149. The molecule has 0 aliphatic rings. The molecule has 3 atom stereocenters. The maximum Gasteiger partial charge on any atom is 1.00 e. The van der Waals surface area contributed by atoms with Crippen LogP contribution in [0, 0.1) is 11.8 Å². The predicted molar refractivity (Wildman–Crippen MR) is 107 cm³/mol. The Morgan fingerprint density at radius 1 is 1.03 bits per heavy atom. The number of ether oxygens (including phenoxy) is 2. The van der Waals surface area contributed by atoms with E-state index in [-0.39, 0.29) is 54.6 Å². The Bertz CT molecular complexity index is 577. The summed E-state index contributed by atoms with van der Waals surface area (Å²) in [5.41, 5.74) is 0. The molecule has 0 heterocycles. The van der Waals surface area contributed by atoms with Gasteiger partial charge in [-0.2, -0.15) is 0 Å². The van der Waals surface area contributed by atoms with Crippen molar-refractivity contribution in [1.82, 2.24) is 0 Å². The fourth-order valence-corrected chi connectivity index (χ4v) is 3.32. The van der Waals surface area contributed by atoms with E-state index in [2.05, 4.69) is 13.5 Å². The zero-order valence-electron chi connectivity index (χ0n) is 18.4. The maximum absolute atomic E-state index is 12.1. The van der Waals surface area contributed by atoms with Gasteiger partial charge in [0.05, 0.1) is 19.6 Å². The summed E-state index contributed by atoms with van der Waals surface area (Å²) >= 11 is 0. The number of esters is 2. The van der Waals surface area contributed by atoms with Crippen LogP contribution in [-0.4, -0.2) is 43.4 Å². The van der Waals surface area contributed by atoms with Crippen molar-refractivity contribution in [3.63, 3.8) is 0 Å². The van der Waals surface area contributed by atoms with E-state index in [1.165, 1.54) is 0 Å². The molecule has 1 unspecified atom stereocenters. The van der Waals surface area contributed by atoms with Gasteiger partial charge in [-0.15, -0.1) is 6.58 Å². The summed E-state index contributed by atoms with van der Waals surface area (Å²) in [7, 11) is -5.03. The summed E-state index contributed by atoms with van der Waals surface area (Å²) in [4.78, 5) is 24.1. The van der Waals surface area contributed by atoms with Crippen molar-refractivity contribution in [2.75, 3.05) is 13.2 Å². The summed E-state index contributed by atoms with van der Waals surface area (Å²) < 4.78 is 44.5. The topological polar surface area (TPSA) is 110 Å². The van der Waals surface area contributed by atoms with Crippen LogP contribution < -0.4 is 29.6 Å². The monoisotopic (exact) mass is 442 g/mol. The summed E-state index contributed by atoms with van der Waals surface area (Å²) in [6, 6.07) is 0. The Balaban J connectivity index is 0. The van der Waals surface area contributed by atoms with Crippen LogP contribution >= 0.6 is 0 Å². The molecule has 0 saturated heterocycles. The third-order valence-corrected chi connectivity index (χ3v) is 5.86. The van der Waals surface area contributed by atoms with Gasteiger partial charge in [0.1, 0.15) is 10.1 Å². The SMILES string of the molecule is C=CCC[C@@H](CC)COC(=O)C(CC(=O)OC[C@@H](CC)CCCC)S(=O)(=O)[O-].[Na+]. The molecule has 164 valence electrons. The van der Waals surface area contributed by atoms with E-state index in [1.807, 2.05) is 13.8 Å². The average Bonchev–Trinajstić information content (AvgIpc) is 2.65. The van der Waals surface area contributed by atoms with Crippen molar-refractivity contribution in [2.45, 2.75) is 77.4 Å². The fraction of sp³-hybridized carbons (Fsp3) is 0.800. The van der Waals surface area contributed by atoms with Gasteiger partial charge in [0.15, 0.2) is 5.25 Å². The Morgan fingerprint density at radius 2 is 1.59 bits per heavy atom. The summed E-state index contributed by atoms with van der Waals surface area (Å²) in [5.74, 6) is -1.86.